The maximum absolute atomic E-state index is 12.2. The molecule has 0 aliphatic rings. The molecule has 0 spiro atoms. The van der Waals surface area contributed by atoms with Gasteiger partial charge in [-0.1, -0.05) is 6.07 Å². The molecule has 2 aromatic carbocycles. The fraction of sp³-hybridized carbons (Fsp3) is 0.211. The van der Waals surface area contributed by atoms with Gasteiger partial charge in [0.2, 0.25) is 0 Å². The van der Waals surface area contributed by atoms with Gasteiger partial charge in [-0.2, -0.15) is 0 Å². The maximum atomic E-state index is 12.2. The lowest BCUT2D eigenvalue weighted by atomic mass is 10.1. The summed E-state index contributed by atoms with van der Waals surface area (Å²) in [4.78, 5) is 12.2. The number of hydrogen-bond acceptors (Lipinski definition) is 6. The lowest BCUT2D eigenvalue weighted by molar-refractivity contribution is 0.373. The van der Waals surface area contributed by atoms with Crippen LogP contribution >= 0.6 is 0 Å². The van der Waals surface area contributed by atoms with E-state index >= 15 is 0 Å². The van der Waals surface area contributed by atoms with Crippen LogP contribution in [0.2, 0.25) is 0 Å². The Morgan fingerprint density at radius 2 is 1.64 bits per heavy atom. The van der Waals surface area contributed by atoms with Crippen molar-refractivity contribution in [2.24, 2.45) is 0 Å². The minimum absolute atomic E-state index is 0.0696. The van der Waals surface area contributed by atoms with Crippen molar-refractivity contribution >= 4 is 11.0 Å². The summed E-state index contributed by atoms with van der Waals surface area (Å²) in [5, 5.41) is 19.9. The van der Waals surface area contributed by atoms with Crippen LogP contribution in [0.25, 0.3) is 11.0 Å². The Bertz CT molecular complexity index is 974. The summed E-state index contributed by atoms with van der Waals surface area (Å²) in [6.07, 6.45) is 1.07. The minimum atomic E-state index is -0.230. The number of fused-ring (bicyclic) bond motifs is 1. The zero-order chi connectivity index (χ0) is 18.0. The number of rotatable bonds is 5. The van der Waals surface area contributed by atoms with Crippen LogP contribution in [0.15, 0.2) is 45.6 Å². The Morgan fingerprint density at radius 1 is 0.920 bits per heavy atom. The first-order valence-corrected chi connectivity index (χ1v) is 7.71. The van der Waals surface area contributed by atoms with E-state index in [1.54, 1.807) is 12.1 Å². The number of hydrogen-bond donors (Lipinski definition) is 2. The number of ether oxygens (including phenoxy) is 2. The molecule has 0 saturated carbocycles. The minimum Gasteiger partial charge on any atom is -0.504 e. The zero-order valence-electron chi connectivity index (χ0n) is 13.9. The average Bonchev–Trinajstić information content (AvgIpc) is 2.60. The third-order valence-corrected chi connectivity index (χ3v) is 3.98. The normalized spacial score (nSPS) is 10.8. The molecule has 1 heterocycles. The smallest absolute Gasteiger partial charge is 0.193 e. The second-order valence-corrected chi connectivity index (χ2v) is 5.60. The van der Waals surface area contributed by atoms with E-state index in [4.69, 9.17) is 13.9 Å². The molecule has 0 atom stereocenters. The standard InChI is InChI=1S/C19H18O6/c1-23-17-6-4-11(7-15(17)21)3-5-12-8-14(20)13-9-16(22)19(24-2)10-18(13)25-12/h4,6-10,21-22H,3,5H2,1-2H3. The monoisotopic (exact) mass is 342 g/mol. The lowest BCUT2D eigenvalue weighted by Gasteiger charge is -2.08. The van der Waals surface area contributed by atoms with Gasteiger partial charge in [-0.15, -0.1) is 0 Å². The molecule has 0 aliphatic heterocycles. The van der Waals surface area contributed by atoms with Crippen LogP contribution in [0, 0.1) is 0 Å². The summed E-state index contributed by atoms with van der Waals surface area (Å²) in [6.45, 7) is 0. The maximum Gasteiger partial charge on any atom is 0.193 e. The van der Waals surface area contributed by atoms with Crippen molar-refractivity contribution in [2.45, 2.75) is 12.8 Å². The summed E-state index contributed by atoms with van der Waals surface area (Å²) in [6, 6.07) is 9.41. The molecule has 3 aromatic rings. The van der Waals surface area contributed by atoms with Crippen molar-refractivity contribution in [3.05, 3.63) is 57.9 Å². The van der Waals surface area contributed by atoms with Gasteiger partial charge in [0.25, 0.3) is 0 Å². The van der Waals surface area contributed by atoms with E-state index in [-0.39, 0.29) is 22.7 Å². The number of phenolic OH excluding ortho intramolecular Hbond substituents is 2. The van der Waals surface area contributed by atoms with E-state index in [0.717, 1.165) is 5.56 Å². The Balaban J connectivity index is 1.87. The first kappa shape index (κ1) is 16.7. The number of benzene rings is 2. The van der Waals surface area contributed by atoms with Crippen molar-refractivity contribution in [1.82, 2.24) is 0 Å². The molecule has 0 fully saturated rings. The molecular formula is C19H18O6. The van der Waals surface area contributed by atoms with Gasteiger partial charge in [-0.05, 0) is 30.2 Å². The molecule has 3 rings (SSSR count). The van der Waals surface area contributed by atoms with Crippen LogP contribution in [0.4, 0.5) is 0 Å². The molecule has 0 unspecified atom stereocenters. The van der Waals surface area contributed by atoms with Crippen molar-refractivity contribution in [1.29, 1.82) is 0 Å². The van der Waals surface area contributed by atoms with E-state index in [1.807, 2.05) is 6.07 Å². The first-order chi connectivity index (χ1) is 12.0. The van der Waals surface area contributed by atoms with Gasteiger partial charge in [0.15, 0.2) is 28.4 Å². The van der Waals surface area contributed by atoms with Gasteiger partial charge in [-0.3, -0.25) is 4.79 Å². The summed E-state index contributed by atoms with van der Waals surface area (Å²) in [5.74, 6) is 1.13. The van der Waals surface area contributed by atoms with E-state index < -0.39 is 0 Å². The Hall–Kier alpha value is -3.15. The van der Waals surface area contributed by atoms with Crippen molar-refractivity contribution < 1.29 is 24.1 Å². The predicted molar refractivity (Wildman–Crippen MR) is 92.8 cm³/mol. The van der Waals surface area contributed by atoms with E-state index in [9.17, 15) is 15.0 Å². The lowest BCUT2D eigenvalue weighted by Crippen LogP contribution is -2.03. The Morgan fingerprint density at radius 3 is 2.32 bits per heavy atom. The first-order valence-electron chi connectivity index (χ1n) is 7.71. The predicted octanol–water partition coefficient (Wildman–Crippen LogP) is 3.01. The second kappa shape index (κ2) is 6.76. The largest absolute Gasteiger partial charge is 0.504 e. The molecular weight excluding hydrogens is 324 g/mol. The highest BCUT2D eigenvalue weighted by Gasteiger charge is 2.11. The Labute approximate surface area is 143 Å². The highest BCUT2D eigenvalue weighted by Crippen LogP contribution is 2.30. The van der Waals surface area contributed by atoms with Crippen molar-refractivity contribution in [2.75, 3.05) is 14.2 Å². The van der Waals surface area contributed by atoms with Gasteiger partial charge < -0.3 is 24.1 Å². The van der Waals surface area contributed by atoms with Crippen LogP contribution in [0.3, 0.4) is 0 Å². The van der Waals surface area contributed by atoms with E-state index in [2.05, 4.69) is 0 Å². The summed E-state index contributed by atoms with van der Waals surface area (Å²) in [5.41, 5.74) is 1.02. The topological polar surface area (TPSA) is 89.1 Å². The molecule has 2 N–H and O–H groups in total. The van der Waals surface area contributed by atoms with Crippen molar-refractivity contribution in [3.8, 4) is 23.0 Å². The zero-order valence-corrected chi connectivity index (χ0v) is 13.9. The molecule has 0 radical (unpaired) electrons. The molecule has 1 aromatic heterocycles. The highest BCUT2D eigenvalue weighted by atomic mass is 16.5. The molecule has 6 nitrogen and oxygen atoms in total. The molecule has 0 amide bonds. The number of aryl methyl sites for hydroxylation is 2. The summed E-state index contributed by atoms with van der Waals surface area (Å²) >= 11 is 0. The highest BCUT2D eigenvalue weighted by molar-refractivity contribution is 5.80. The third kappa shape index (κ3) is 3.38. The van der Waals surface area contributed by atoms with E-state index in [0.29, 0.717) is 35.3 Å². The quantitative estimate of drug-likeness (QED) is 0.741. The Kier molecular flexibility index (Phi) is 4.52. The van der Waals surface area contributed by atoms with Crippen LogP contribution < -0.4 is 14.9 Å². The molecule has 130 valence electrons. The fourth-order valence-electron chi connectivity index (χ4n) is 2.67. The van der Waals surface area contributed by atoms with Crippen LogP contribution in [0.1, 0.15) is 11.3 Å². The summed E-state index contributed by atoms with van der Waals surface area (Å²) in [7, 11) is 2.92. The molecule has 0 aliphatic carbocycles. The molecule has 6 heteroatoms. The third-order valence-electron chi connectivity index (χ3n) is 3.98. The van der Waals surface area contributed by atoms with Crippen LogP contribution in [-0.4, -0.2) is 24.4 Å². The van der Waals surface area contributed by atoms with Crippen LogP contribution in [-0.2, 0) is 12.8 Å². The van der Waals surface area contributed by atoms with Gasteiger partial charge >= 0.3 is 0 Å². The van der Waals surface area contributed by atoms with Crippen LogP contribution in [0.5, 0.6) is 23.0 Å². The van der Waals surface area contributed by atoms with Gasteiger partial charge in [0.1, 0.15) is 11.3 Å². The van der Waals surface area contributed by atoms with Gasteiger partial charge in [-0.25, -0.2) is 0 Å². The molecule has 25 heavy (non-hydrogen) atoms. The van der Waals surface area contributed by atoms with Crippen molar-refractivity contribution in [3.63, 3.8) is 0 Å². The fourth-order valence-corrected chi connectivity index (χ4v) is 2.67. The SMILES string of the molecule is COc1ccc(CCc2cc(=O)c3cc(O)c(OC)cc3o2)cc1O. The number of aromatic hydroxyl groups is 2. The number of phenols is 2. The van der Waals surface area contributed by atoms with E-state index in [1.165, 1.54) is 32.4 Å². The van der Waals surface area contributed by atoms with Gasteiger partial charge in [0.05, 0.1) is 19.6 Å². The summed E-state index contributed by atoms with van der Waals surface area (Å²) < 4.78 is 15.8. The molecule has 0 bridgehead atoms. The molecule has 0 saturated heterocycles. The number of methoxy groups -OCH3 is 2. The average molecular weight is 342 g/mol. The van der Waals surface area contributed by atoms with Gasteiger partial charge in [0, 0.05) is 18.6 Å². The second-order valence-electron chi connectivity index (χ2n) is 5.60.